The van der Waals surface area contributed by atoms with Gasteiger partial charge in [-0.15, -0.1) is 0 Å². The van der Waals surface area contributed by atoms with Gasteiger partial charge in [-0.25, -0.2) is 9.78 Å². The molecule has 5 heteroatoms. The molecule has 17 heavy (non-hydrogen) atoms. The second-order valence-corrected chi connectivity index (χ2v) is 4.44. The maximum absolute atomic E-state index is 11.0. The van der Waals surface area contributed by atoms with Crippen LogP contribution in [0.3, 0.4) is 0 Å². The number of aromatic carboxylic acids is 1. The third-order valence-electron chi connectivity index (χ3n) is 2.18. The van der Waals surface area contributed by atoms with Gasteiger partial charge in [-0.2, -0.15) is 0 Å². The number of hydrogen-bond donors (Lipinski definition) is 1. The van der Waals surface area contributed by atoms with Crippen molar-refractivity contribution < 1.29 is 9.90 Å². The summed E-state index contributed by atoms with van der Waals surface area (Å²) in [7, 11) is 0. The van der Waals surface area contributed by atoms with Crippen LogP contribution in [-0.2, 0) is 0 Å². The molecule has 2 rings (SSSR count). The van der Waals surface area contributed by atoms with Gasteiger partial charge in [-0.05, 0) is 24.6 Å². The van der Waals surface area contributed by atoms with Gasteiger partial charge in [0.05, 0.1) is 5.56 Å². The van der Waals surface area contributed by atoms with Crippen molar-refractivity contribution in [2.24, 2.45) is 0 Å². The van der Waals surface area contributed by atoms with Crippen LogP contribution in [0, 0.1) is 6.92 Å². The van der Waals surface area contributed by atoms with Crippen molar-refractivity contribution in [3.05, 3.63) is 47.9 Å². The Balaban J connectivity index is 2.37. The number of hydrogen-bond acceptors (Lipinski definition) is 4. The molecule has 0 spiro atoms. The maximum Gasteiger partial charge on any atom is 0.336 e. The van der Waals surface area contributed by atoms with Crippen molar-refractivity contribution in [1.82, 2.24) is 9.97 Å². The van der Waals surface area contributed by atoms with E-state index in [0.29, 0.717) is 4.90 Å². The first-order chi connectivity index (χ1) is 8.18. The molecule has 2 heterocycles. The van der Waals surface area contributed by atoms with E-state index in [0.717, 1.165) is 10.6 Å². The Hall–Kier alpha value is -1.88. The van der Waals surface area contributed by atoms with Crippen molar-refractivity contribution >= 4 is 17.7 Å². The molecule has 1 N–H and O–H groups in total. The predicted molar refractivity (Wildman–Crippen MR) is 64.3 cm³/mol. The third-order valence-corrected chi connectivity index (χ3v) is 3.35. The molecule has 0 saturated carbocycles. The van der Waals surface area contributed by atoms with Crippen LogP contribution in [-0.4, -0.2) is 21.0 Å². The van der Waals surface area contributed by atoms with E-state index in [-0.39, 0.29) is 5.56 Å². The van der Waals surface area contributed by atoms with E-state index < -0.39 is 5.97 Å². The molecule has 0 aromatic carbocycles. The van der Waals surface area contributed by atoms with E-state index in [1.54, 1.807) is 12.4 Å². The summed E-state index contributed by atoms with van der Waals surface area (Å²) in [6, 6.07) is 5.27. The van der Waals surface area contributed by atoms with Crippen LogP contribution in [0.25, 0.3) is 0 Å². The molecule has 0 atom stereocenters. The third kappa shape index (κ3) is 2.62. The number of aryl methyl sites for hydroxylation is 1. The highest BCUT2D eigenvalue weighted by Gasteiger charge is 2.12. The van der Waals surface area contributed by atoms with Crippen LogP contribution in [0.15, 0.2) is 46.7 Å². The zero-order valence-electron chi connectivity index (χ0n) is 9.12. The highest BCUT2D eigenvalue weighted by molar-refractivity contribution is 7.99. The average molecular weight is 246 g/mol. The summed E-state index contributed by atoms with van der Waals surface area (Å²) >= 11 is 1.31. The zero-order valence-corrected chi connectivity index (χ0v) is 9.94. The zero-order chi connectivity index (χ0) is 12.3. The number of carboxylic acids is 1. The Kier molecular flexibility index (Phi) is 3.39. The smallest absolute Gasteiger partial charge is 0.336 e. The molecule has 0 unspecified atom stereocenters. The quantitative estimate of drug-likeness (QED) is 0.902. The summed E-state index contributed by atoms with van der Waals surface area (Å²) in [5, 5.41) is 9.85. The van der Waals surface area contributed by atoms with Crippen LogP contribution in [0.5, 0.6) is 0 Å². The first-order valence-corrected chi connectivity index (χ1v) is 5.77. The standard InChI is InChI=1S/C12H10N2O2S/c1-8-3-2-5-14-11(8)17-10-7-13-6-4-9(10)12(15)16/h2-7H,1H3,(H,15,16). The highest BCUT2D eigenvalue weighted by atomic mass is 32.2. The van der Waals surface area contributed by atoms with Gasteiger partial charge in [0, 0.05) is 23.5 Å². The minimum absolute atomic E-state index is 0.245. The van der Waals surface area contributed by atoms with Gasteiger partial charge in [0.2, 0.25) is 0 Å². The Morgan fingerprint density at radius 3 is 2.88 bits per heavy atom. The molecule has 0 amide bonds. The topological polar surface area (TPSA) is 63.1 Å². The van der Waals surface area contributed by atoms with Gasteiger partial charge in [0.15, 0.2) is 0 Å². The Morgan fingerprint density at radius 2 is 2.18 bits per heavy atom. The van der Waals surface area contributed by atoms with Gasteiger partial charge < -0.3 is 5.11 Å². The molecule has 0 aliphatic rings. The minimum atomic E-state index is -0.955. The van der Waals surface area contributed by atoms with Gasteiger partial charge in [0.1, 0.15) is 5.03 Å². The first-order valence-electron chi connectivity index (χ1n) is 4.95. The molecule has 0 aliphatic carbocycles. The second-order valence-electron chi connectivity index (χ2n) is 3.40. The molecule has 0 radical (unpaired) electrons. The Morgan fingerprint density at radius 1 is 1.35 bits per heavy atom. The van der Waals surface area contributed by atoms with Gasteiger partial charge in [0.25, 0.3) is 0 Å². The van der Waals surface area contributed by atoms with Crippen LogP contribution in [0.4, 0.5) is 0 Å². The summed E-state index contributed by atoms with van der Waals surface area (Å²) < 4.78 is 0. The molecular weight excluding hydrogens is 236 g/mol. The Labute approximate surface area is 103 Å². The number of pyridine rings is 2. The van der Waals surface area contributed by atoms with Crippen LogP contribution < -0.4 is 0 Å². The van der Waals surface area contributed by atoms with E-state index in [9.17, 15) is 4.79 Å². The number of carboxylic acid groups (broad SMARTS) is 1. The molecule has 4 nitrogen and oxygen atoms in total. The molecule has 0 bridgehead atoms. The maximum atomic E-state index is 11.0. The molecule has 0 saturated heterocycles. The van der Waals surface area contributed by atoms with Gasteiger partial charge >= 0.3 is 5.97 Å². The van der Waals surface area contributed by atoms with E-state index in [2.05, 4.69) is 9.97 Å². The number of aromatic nitrogens is 2. The van der Waals surface area contributed by atoms with Crippen LogP contribution in [0.2, 0.25) is 0 Å². The van der Waals surface area contributed by atoms with Gasteiger partial charge in [-0.3, -0.25) is 4.98 Å². The fraction of sp³-hybridized carbons (Fsp3) is 0.0833. The van der Waals surface area contributed by atoms with E-state index in [1.165, 1.54) is 24.0 Å². The summed E-state index contributed by atoms with van der Waals surface area (Å²) in [5.74, 6) is -0.955. The summed E-state index contributed by atoms with van der Waals surface area (Å²) in [6.07, 6.45) is 4.70. The second kappa shape index (κ2) is 4.97. The van der Waals surface area contributed by atoms with Crippen molar-refractivity contribution in [2.75, 3.05) is 0 Å². The first kappa shape index (κ1) is 11.6. The lowest BCUT2D eigenvalue weighted by Gasteiger charge is -2.05. The Bertz CT molecular complexity index is 558. The van der Waals surface area contributed by atoms with E-state index >= 15 is 0 Å². The fourth-order valence-electron chi connectivity index (χ4n) is 1.32. The summed E-state index contributed by atoms with van der Waals surface area (Å²) in [6.45, 7) is 1.94. The lowest BCUT2D eigenvalue weighted by Crippen LogP contribution is -1.99. The van der Waals surface area contributed by atoms with Crippen molar-refractivity contribution in [2.45, 2.75) is 16.8 Å². The number of nitrogens with zero attached hydrogens (tertiary/aromatic N) is 2. The fourth-order valence-corrected chi connectivity index (χ4v) is 2.25. The van der Waals surface area contributed by atoms with Crippen molar-refractivity contribution in [1.29, 1.82) is 0 Å². The van der Waals surface area contributed by atoms with Crippen molar-refractivity contribution in [3.63, 3.8) is 0 Å². The summed E-state index contributed by atoms with van der Waals surface area (Å²) in [4.78, 5) is 19.8. The lowest BCUT2D eigenvalue weighted by atomic mass is 10.3. The molecule has 0 aliphatic heterocycles. The van der Waals surface area contributed by atoms with E-state index in [1.807, 2.05) is 19.1 Å². The SMILES string of the molecule is Cc1cccnc1Sc1cnccc1C(=O)O. The molecule has 2 aromatic heterocycles. The lowest BCUT2D eigenvalue weighted by molar-refractivity contribution is 0.0693. The number of carbonyl (C=O) groups is 1. The summed E-state index contributed by atoms with van der Waals surface area (Å²) in [5.41, 5.74) is 1.26. The number of rotatable bonds is 3. The molecule has 0 fully saturated rings. The van der Waals surface area contributed by atoms with Crippen molar-refractivity contribution in [3.8, 4) is 0 Å². The predicted octanol–water partition coefficient (Wildman–Crippen LogP) is 2.63. The van der Waals surface area contributed by atoms with E-state index in [4.69, 9.17) is 5.11 Å². The largest absolute Gasteiger partial charge is 0.478 e. The molecule has 2 aromatic rings. The van der Waals surface area contributed by atoms with Gasteiger partial charge in [-0.1, -0.05) is 17.8 Å². The normalized spacial score (nSPS) is 10.2. The minimum Gasteiger partial charge on any atom is -0.478 e. The van der Waals surface area contributed by atoms with Crippen LogP contribution >= 0.6 is 11.8 Å². The monoisotopic (exact) mass is 246 g/mol. The average Bonchev–Trinajstić information content (AvgIpc) is 2.32. The molecular formula is C12H10N2O2S. The van der Waals surface area contributed by atoms with Crippen LogP contribution in [0.1, 0.15) is 15.9 Å². The highest BCUT2D eigenvalue weighted by Crippen LogP contribution is 2.30. The molecule has 86 valence electrons.